The third kappa shape index (κ3) is 1.22. The Labute approximate surface area is 51.3 Å². The van der Waals surface area contributed by atoms with Gasteiger partial charge in [0.1, 0.15) is 0 Å². The molecule has 8 heavy (non-hydrogen) atoms. The first-order valence-electron chi connectivity index (χ1n) is 3.58. The smallest absolute Gasteiger partial charge is 0.00461 e. The number of hydrogen-bond donors (Lipinski definition) is 1. The molecule has 0 spiro atoms. The molecule has 0 heterocycles. The molecule has 0 saturated heterocycles. The van der Waals surface area contributed by atoms with Gasteiger partial charge in [-0.2, -0.15) is 0 Å². The van der Waals surface area contributed by atoms with E-state index in [-0.39, 0.29) is 0 Å². The maximum Gasteiger partial charge on any atom is -0.00461 e. The van der Waals surface area contributed by atoms with Gasteiger partial charge in [-0.3, -0.25) is 0 Å². The van der Waals surface area contributed by atoms with Crippen LogP contribution in [0.1, 0.15) is 26.2 Å². The summed E-state index contributed by atoms with van der Waals surface area (Å²) in [6.45, 7) is 3.16. The molecule has 0 bridgehead atoms. The Balaban J connectivity index is 1.99. The van der Waals surface area contributed by atoms with E-state index in [2.05, 4.69) is 6.92 Å². The van der Waals surface area contributed by atoms with Gasteiger partial charge in [-0.1, -0.05) is 19.8 Å². The quantitative estimate of drug-likeness (QED) is 0.588. The van der Waals surface area contributed by atoms with Crippen LogP contribution in [0.5, 0.6) is 0 Å². The normalized spacial score (nSPS) is 35.2. The third-order valence-electron chi connectivity index (χ3n) is 2.03. The van der Waals surface area contributed by atoms with E-state index in [0.29, 0.717) is 0 Å². The first-order chi connectivity index (χ1) is 3.88. The van der Waals surface area contributed by atoms with E-state index in [0.717, 1.165) is 18.4 Å². The molecular formula is C7H15N. The Morgan fingerprint density at radius 1 is 1.50 bits per heavy atom. The number of hydrogen-bond acceptors (Lipinski definition) is 1. The summed E-state index contributed by atoms with van der Waals surface area (Å²) in [6, 6.07) is 0. The van der Waals surface area contributed by atoms with Crippen LogP contribution in [0.3, 0.4) is 0 Å². The Bertz CT molecular complexity index is 70.8. The molecule has 1 rings (SSSR count). The molecule has 1 fully saturated rings. The van der Waals surface area contributed by atoms with Crippen molar-refractivity contribution in [2.75, 3.05) is 6.54 Å². The van der Waals surface area contributed by atoms with Crippen LogP contribution >= 0.6 is 0 Å². The lowest BCUT2D eigenvalue weighted by Crippen LogP contribution is -2.01. The second kappa shape index (κ2) is 2.49. The zero-order valence-electron chi connectivity index (χ0n) is 5.56. The average molecular weight is 113 g/mol. The topological polar surface area (TPSA) is 26.0 Å². The highest BCUT2D eigenvalue weighted by molar-refractivity contribution is 4.85. The Hall–Kier alpha value is -0.0400. The van der Waals surface area contributed by atoms with Crippen LogP contribution in [-0.4, -0.2) is 6.54 Å². The molecule has 0 amide bonds. The van der Waals surface area contributed by atoms with Gasteiger partial charge in [-0.25, -0.2) is 0 Å². The van der Waals surface area contributed by atoms with Gasteiger partial charge < -0.3 is 5.73 Å². The predicted molar refractivity (Wildman–Crippen MR) is 35.6 cm³/mol. The van der Waals surface area contributed by atoms with Crippen LogP contribution in [0, 0.1) is 11.8 Å². The standard InChI is InChI=1S/C7H15N/c1-2-3-6-4-7(6)5-8/h6-7H,2-5,8H2,1H3/t6?,7-/m0/s1. The molecule has 1 unspecified atom stereocenters. The monoisotopic (exact) mass is 113 g/mol. The fourth-order valence-electron chi connectivity index (χ4n) is 1.32. The number of nitrogens with two attached hydrogens (primary N) is 1. The molecule has 0 aromatic carbocycles. The summed E-state index contributed by atoms with van der Waals surface area (Å²) >= 11 is 0. The fraction of sp³-hybridized carbons (Fsp3) is 1.00. The summed E-state index contributed by atoms with van der Waals surface area (Å²) in [7, 11) is 0. The molecule has 1 aliphatic carbocycles. The largest absolute Gasteiger partial charge is 0.330 e. The molecule has 1 saturated carbocycles. The zero-order chi connectivity index (χ0) is 5.98. The van der Waals surface area contributed by atoms with Crippen LogP contribution in [0.15, 0.2) is 0 Å². The van der Waals surface area contributed by atoms with Crippen LogP contribution < -0.4 is 5.73 Å². The fourth-order valence-corrected chi connectivity index (χ4v) is 1.32. The summed E-state index contributed by atoms with van der Waals surface area (Å²) in [5, 5.41) is 0. The summed E-state index contributed by atoms with van der Waals surface area (Å²) in [6.07, 6.45) is 4.15. The van der Waals surface area contributed by atoms with E-state index in [9.17, 15) is 0 Å². The Kier molecular flexibility index (Phi) is 1.90. The average Bonchev–Trinajstić information content (AvgIpc) is 2.48. The van der Waals surface area contributed by atoms with Crippen molar-refractivity contribution < 1.29 is 0 Å². The van der Waals surface area contributed by atoms with E-state index < -0.39 is 0 Å². The first kappa shape index (κ1) is 6.09. The predicted octanol–water partition coefficient (Wildman–Crippen LogP) is 1.38. The van der Waals surface area contributed by atoms with Crippen molar-refractivity contribution >= 4 is 0 Å². The van der Waals surface area contributed by atoms with Gasteiger partial charge in [0.05, 0.1) is 0 Å². The molecule has 2 atom stereocenters. The van der Waals surface area contributed by atoms with Crippen LogP contribution in [0.25, 0.3) is 0 Å². The van der Waals surface area contributed by atoms with Crippen LogP contribution in [-0.2, 0) is 0 Å². The van der Waals surface area contributed by atoms with Gasteiger partial charge in [-0.15, -0.1) is 0 Å². The summed E-state index contributed by atoms with van der Waals surface area (Å²) in [4.78, 5) is 0. The Morgan fingerprint density at radius 2 is 2.25 bits per heavy atom. The minimum Gasteiger partial charge on any atom is -0.330 e. The van der Waals surface area contributed by atoms with Crippen molar-refractivity contribution in [2.45, 2.75) is 26.2 Å². The second-order valence-corrected chi connectivity index (χ2v) is 2.78. The third-order valence-corrected chi connectivity index (χ3v) is 2.03. The molecule has 0 aromatic rings. The summed E-state index contributed by atoms with van der Waals surface area (Å²) < 4.78 is 0. The van der Waals surface area contributed by atoms with Gasteiger partial charge in [-0.05, 0) is 24.8 Å². The van der Waals surface area contributed by atoms with Gasteiger partial charge in [0.2, 0.25) is 0 Å². The van der Waals surface area contributed by atoms with Crippen LogP contribution in [0.2, 0.25) is 0 Å². The number of rotatable bonds is 3. The maximum absolute atomic E-state index is 5.45. The molecular weight excluding hydrogens is 98.1 g/mol. The van der Waals surface area contributed by atoms with Crippen molar-refractivity contribution in [3.05, 3.63) is 0 Å². The molecule has 1 aliphatic rings. The van der Waals surface area contributed by atoms with Crippen LogP contribution in [0.4, 0.5) is 0 Å². The SMILES string of the molecule is CCCC1C[C@H]1CN. The minimum atomic E-state index is 0.898. The van der Waals surface area contributed by atoms with Gasteiger partial charge in [0, 0.05) is 0 Å². The molecule has 2 N–H and O–H groups in total. The minimum absolute atomic E-state index is 0.898. The summed E-state index contributed by atoms with van der Waals surface area (Å²) in [5.74, 6) is 1.90. The van der Waals surface area contributed by atoms with Crippen molar-refractivity contribution in [3.63, 3.8) is 0 Å². The molecule has 48 valence electrons. The highest BCUT2D eigenvalue weighted by atomic mass is 14.6. The molecule has 1 heteroatoms. The molecule has 0 radical (unpaired) electrons. The highest BCUT2D eigenvalue weighted by Gasteiger charge is 2.33. The van der Waals surface area contributed by atoms with E-state index in [1.807, 2.05) is 0 Å². The lowest BCUT2D eigenvalue weighted by atomic mass is 10.2. The molecule has 0 aromatic heterocycles. The highest BCUT2D eigenvalue weighted by Crippen LogP contribution is 2.40. The second-order valence-electron chi connectivity index (χ2n) is 2.78. The van der Waals surface area contributed by atoms with E-state index in [4.69, 9.17) is 5.73 Å². The van der Waals surface area contributed by atoms with Gasteiger partial charge in [0.25, 0.3) is 0 Å². The zero-order valence-corrected chi connectivity index (χ0v) is 5.56. The van der Waals surface area contributed by atoms with Crippen molar-refractivity contribution in [1.82, 2.24) is 0 Å². The summed E-state index contributed by atoms with van der Waals surface area (Å²) in [5.41, 5.74) is 5.45. The van der Waals surface area contributed by atoms with E-state index in [1.54, 1.807) is 0 Å². The van der Waals surface area contributed by atoms with Crippen molar-refractivity contribution in [2.24, 2.45) is 17.6 Å². The Morgan fingerprint density at radius 3 is 2.62 bits per heavy atom. The lowest BCUT2D eigenvalue weighted by Gasteiger charge is -1.90. The lowest BCUT2D eigenvalue weighted by molar-refractivity contribution is 0.638. The molecule has 1 nitrogen and oxygen atoms in total. The first-order valence-corrected chi connectivity index (χ1v) is 3.58. The molecule has 0 aliphatic heterocycles. The van der Waals surface area contributed by atoms with Gasteiger partial charge >= 0.3 is 0 Å². The van der Waals surface area contributed by atoms with Crippen molar-refractivity contribution in [3.8, 4) is 0 Å². The van der Waals surface area contributed by atoms with Gasteiger partial charge in [0.15, 0.2) is 0 Å². The van der Waals surface area contributed by atoms with E-state index >= 15 is 0 Å². The maximum atomic E-state index is 5.45. The van der Waals surface area contributed by atoms with Crippen molar-refractivity contribution in [1.29, 1.82) is 0 Å². The van der Waals surface area contributed by atoms with E-state index in [1.165, 1.54) is 19.3 Å².